The van der Waals surface area contributed by atoms with E-state index in [-0.39, 0.29) is 11.6 Å². The molecule has 0 bridgehead atoms. The van der Waals surface area contributed by atoms with Gasteiger partial charge in [-0.05, 0) is 48.4 Å². The summed E-state index contributed by atoms with van der Waals surface area (Å²) in [5.74, 6) is -0.801. The molecule has 0 spiro atoms. The van der Waals surface area contributed by atoms with Crippen molar-refractivity contribution >= 4 is 0 Å². The summed E-state index contributed by atoms with van der Waals surface area (Å²) >= 11 is 0. The third kappa shape index (κ3) is 1.89. The Bertz CT molecular complexity index is 535. The highest BCUT2D eigenvalue weighted by Crippen LogP contribution is 2.32. The van der Waals surface area contributed by atoms with Crippen LogP contribution in [0.4, 0.5) is 8.78 Å². The number of aromatic hydroxyl groups is 1. The molecule has 0 saturated heterocycles. The summed E-state index contributed by atoms with van der Waals surface area (Å²) in [5.41, 5.74) is 1.65. The van der Waals surface area contributed by atoms with Gasteiger partial charge in [0.25, 0.3) is 0 Å². The molecular weight excluding hydrogens is 210 g/mol. The van der Waals surface area contributed by atoms with Gasteiger partial charge < -0.3 is 5.11 Å². The SMILES string of the molecule is Cc1cc(F)ccc1-c1cc(F)ccc1O. The minimum absolute atomic E-state index is 0.0175. The fraction of sp³-hybridized carbons (Fsp3) is 0.0769. The molecule has 3 heteroatoms. The number of benzene rings is 2. The molecule has 0 aliphatic rings. The number of hydrogen-bond donors (Lipinski definition) is 1. The fourth-order valence-electron chi connectivity index (χ4n) is 1.65. The van der Waals surface area contributed by atoms with E-state index in [4.69, 9.17) is 0 Å². The van der Waals surface area contributed by atoms with Crippen molar-refractivity contribution in [3.8, 4) is 16.9 Å². The van der Waals surface area contributed by atoms with Crippen molar-refractivity contribution in [3.63, 3.8) is 0 Å². The average Bonchev–Trinajstić information content (AvgIpc) is 2.22. The Morgan fingerprint density at radius 2 is 1.50 bits per heavy atom. The number of rotatable bonds is 1. The maximum absolute atomic E-state index is 13.1. The van der Waals surface area contributed by atoms with Gasteiger partial charge in [0.2, 0.25) is 0 Å². The first-order chi connectivity index (χ1) is 7.58. The van der Waals surface area contributed by atoms with Crippen molar-refractivity contribution in [2.45, 2.75) is 6.92 Å². The Morgan fingerprint density at radius 3 is 2.19 bits per heavy atom. The van der Waals surface area contributed by atoms with Crippen LogP contribution >= 0.6 is 0 Å². The van der Waals surface area contributed by atoms with E-state index in [1.807, 2.05) is 0 Å². The first-order valence-electron chi connectivity index (χ1n) is 4.83. The van der Waals surface area contributed by atoms with Gasteiger partial charge in [-0.2, -0.15) is 0 Å². The fourth-order valence-corrected chi connectivity index (χ4v) is 1.65. The highest BCUT2D eigenvalue weighted by molar-refractivity contribution is 5.72. The van der Waals surface area contributed by atoms with Crippen LogP contribution in [-0.2, 0) is 0 Å². The molecule has 0 atom stereocenters. The second kappa shape index (κ2) is 3.93. The van der Waals surface area contributed by atoms with E-state index < -0.39 is 5.82 Å². The zero-order chi connectivity index (χ0) is 11.7. The van der Waals surface area contributed by atoms with Crippen LogP contribution in [0.2, 0.25) is 0 Å². The van der Waals surface area contributed by atoms with E-state index in [0.29, 0.717) is 16.7 Å². The van der Waals surface area contributed by atoms with Crippen LogP contribution in [-0.4, -0.2) is 5.11 Å². The molecule has 0 unspecified atom stereocenters. The summed E-state index contributed by atoms with van der Waals surface area (Å²) in [6.45, 7) is 1.71. The maximum Gasteiger partial charge on any atom is 0.124 e. The van der Waals surface area contributed by atoms with Crippen LogP contribution in [0.5, 0.6) is 5.75 Å². The van der Waals surface area contributed by atoms with Crippen LogP contribution in [0, 0.1) is 18.6 Å². The zero-order valence-corrected chi connectivity index (χ0v) is 8.67. The molecule has 0 saturated carbocycles. The monoisotopic (exact) mass is 220 g/mol. The van der Waals surface area contributed by atoms with Gasteiger partial charge in [-0.25, -0.2) is 8.78 Å². The van der Waals surface area contributed by atoms with E-state index in [9.17, 15) is 13.9 Å². The van der Waals surface area contributed by atoms with Crippen LogP contribution in [0.25, 0.3) is 11.1 Å². The topological polar surface area (TPSA) is 20.2 Å². The van der Waals surface area contributed by atoms with Gasteiger partial charge in [-0.15, -0.1) is 0 Å². The summed E-state index contributed by atoms with van der Waals surface area (Å²) in [4.78, 5) is 0. The lowest BCUT2D eigenvalue weighted by Gasteiger charge is -2.08. The van der Waals surface area contributed by atoms with Crippen LogP contribution in [0.1, 0.15) is 5.56 Å². The van der Waals surface area contributed by atoms with E-state index in [1.54, 1.807) is 6.92 Å². The van der Waals surface area contributed by atoms with Crippen molar-refractivity contribution < 1.29 is 13.9 Å². The number of hydrogen-bond acceptors (Lipinski definition) is 1. The molecular formula is C13H10F2O. The van der Waals surface area contributed by atoms with Crippen LogP contribution in [0.3, 0.4) is 0 Å². The van der Waals surface area contributed by atoms with E-state index >= 15 is 0 Å². The van der Waals surface area contributed by atoms with Gasteiger partial charge in [0.1, 0.15) is 17.4 Å². The standard InChI is InChI=1S/C13H10F2O/c1-8-6-9(14)2-4-11(8)12-7-10(15)3-5-13(12)16/h2-7,16H,1H3. The predicted octanol–water partition coefficient (Wildman–Crippen LogP) is 3.65. The lowest BCUT2D eigenvalue weighted by atomic mass is 9.99. The van der Waals surface area contributed by atoms with E-state index in [2.05, 4.69) is 0 Å². The Labute approximate surface area is 92.0 Å². The summed E-state index contributed by atoms with van der Waals surface area (Å²) in [6, 6.07) is 7.85. The number of aryl methyl sites for hydroxylation is 1. The molecule has 0 heterocycles. The van der Waals surface area contributed by atoms with Crippen molar-refractivity contribution in [2.75, 3.05) is 0 Å². The van der Waals surface area contributed by atoms with Gasteiger partial charge in [-0.3, -0.25) is 0 Å². The Hall–Kier alpha value is -1.90. The second-order valence-electron chi connectivity index (χ2n) is 3.62. The summed E-state index contributed by atoms with van der Waals surface area (Å²) in [5, 5.41) is 9.62. The molecule has 16 heavy (non-hydrogen) atoms. The molecule has 82 valence electrons. The molecule has 2 rings (SSSR count). The maximum atomic E-state index is 13.1. The van der Waals surface area contributed by atoms with Gasteiger partial charge >= 0.3 is 0 Å². The van der Waals surface area contributed by atoms with Crippen molar-refractivity contribution in [1.29, 1.82) is 0 Å². The first-order valence-corrected chi connectivity index (χ1v) is 4.83. The Kier molecular flexibility index (Phi) is 2.60. The highest BCUT2D eigenvalue weighted by Gasteiger charge is 2.08. The lowest BCUT2D eigenvalue weighted by Crippen LogP contribution is -1.87. The molecule has 2 aromatic rings. The minimum atomic E-state index is -0.434. The van der Waals surface area contributed by atoms with Gasteiger partial charge in [0.15, 0.2) is 0 Å². The zero-order valence-electron chi connectivity index (χ0n) is 8.67. The summed E-state index contributed by atoms with van der Waals surface area (Å²) in [7, 11) is 0. The quantitative estimate of drug-likeness (QED) is 0.777. The molecule has 2 aromatic carbocycles. The molecule has 1 N–H and O–H groups in total. The average molecular weight is 220 g/mol. The van der Waals surface area contributed by atoms with Crippen molar-refractivity contribution in [2.24, 2.45) is 0 Å². The molecule has 0 aliphatic carbocycles. The first kappa shape index (κ1) is 10.6. The van der Waals surface area contributed by atoms with E-state index in [1.165, 1.54) is 36.4 Å². The lowest BCUT2D eigenvalue weighted by molar-refractivity contribution is 0.475. The molecule has 0 aliphatic heterocycles. The van der Waals surface area contributed by atoms with Crippen molar-refractivity contribution in [3.05, 3.63) is 53.6 Å². The smallest absolute Gasteiger partial charge is 0.124 e. The molecule has 0 amide bonds. The number of phenolic OH excluding ortho intramolecular Hbond substituents is 1. The van der Waals surface area contributed by atoms with Gasteiger partial charge in [0.05, 0.1) is 0 Å². The second-order valence-corrected chi connectivity index (χ2v) is 3.62. The molecule has 0 fully saturated rings. The largest absolute Gasteiger partial charge is 0.507 e. The van der Waals surface area contributed by atoms with Crippen LogP contribution < -0.4 is 0 Å². The molecule has 1 nitrogen and oxygen atoms in total. The number of halogens is 2. The molecule has 0 aromatic heterocycles. The van der Waals surface area contributed by atoms with Gasteiger partial charge in [0, 0.05) is 5.56 Å². The third-order valence-electron chi connectivity index (χ3n) is 2.44. The molecule has 0 radical (unpaired) electrons. The van der Waals surface area contributed by atoms with E-state index in [0.717, 1.165) is 0 Å². The Balaban J connectivity index is 2.62. The minimum Gasteiger partial charge on any atom is -0.507 e. The summed E-state index contributed by atoms with van der Waals surface area (Å²) < 4.78 is 26.0. The third-order valence-corrected chi connectivity index (χ3v) is 2.44. The Morgan fingerprint density at radius 1 is 0.875 bits per heavy atom. The highest BCUT2D eigenvalue weighted by atomic mass is 19.1. The predicted molar refractivity (Wildman–Crippen MR) is 58.2 cm³/mol. The number of phenols is 1. The van der Waals surface area contributed by atoms with Gasteiger partial charge in [-0.1, -0.05) is 6.07 Å². The van der Waals surface area contributed by atoms with Crippen molar-refractivity contribution in [1.82, 2.24) is 0 Å². The van der Waals surface area contributed by atoms with Crippen LogP contribution in [0.15, 0.2) is 36.4 Å². The summed E-state index contributed by atoms with van der Waals surface area (Å²) in [6.07, 6.45) is 0. The normalized spacial score (nSPS) is 10.4.